The van der Waals surface area contributed by atoms with Crippen LogP contribution in [-0.2, 0) is 11.2 Å². The Balaban J connectivity index is 2.57. The van der Waals surface area contributed by atoms with Gasteiger partial charge in [0.15, 0.2) is 0 Å². The van der Waals surface area contributed by atoms with Gasteiger partial charge >= 0.3 is 12.1 Å². The van der Waals surface area contributed by atoms with Crippen molar-refractivity contribution in [2.75, 3.05) is 7.11 Å². The Morgan fingerprint density at radius 2 is 2.27 bits per heavy atom. The summed E-state index contributed by atoms with van der Waals surface area (Å²) in [5.41, 5.74) is 0.0506. The van der Waals surface area contributed by atoms with E-state index >= 15 is 0 Å². The maximum Gasteiger partial charge on any atom is 0.389 e. The molecule has 1 heterocycles. The van der Waals surface area contributed by atoms with Crippen LogP contribution in [-0.4, -0.2) is 29.2 Å². The molecule has 1 N–H and O–H groups in total. The van der Waals surface area contributed by atoms with Crippen molar-refractivity contribution in [1.82, 2.24) is 9.97 Å². The SMILES string of the molecule is COC(=O)c1cnc(CCC(F)(F)F)[nH]1. The summed E-state index contributed by atoms with van der Waals surface area (Å²) >= 11 is 0. The minimum atomic E-state index is -4.22. The smallest absolute Gasteiger partial charge is 0.389 e. The number of rotatable bonds is 3. The average molecular weight is 222 g/mol. The molecule has 4 nitrogen and oxygen atoms in total. The number of H-pyrrole nitrogens is 1. The highest BCUT2D eigenvalue weighted by Gasteiger charge is 2.27. The predicted molar refractivity (Wildman–Crippen MR) is 44.3 cm³/mol. The van der Waals surface area contributed by atoms with E-state index in [1.807, 2.05) is 0 Å². The predicted octanol–water partition coefficient (Wildman–Crippen LogP) is 1.69. The quantitative estimate of drug-likeness (QED) is 0.792. The van der Waals surface area contributed by atoms with Gasteiger partial charge in [-0.25, -0.2) is 9.78 Å². The second kappa shape index (κ2) is 4.33. The van der Waals surface area contributed by atoms with Crippen molar-refractivity contribution in [1.29, 1.82) is 0 Å². The monoisotopic (exact) mass is 222 g/mol. The lowest BCUT2D eigenvalue weighted by Gasteiger charge is -2.03. The molecule has 0 aromatic carbocycles. The number of imidazole rings is 1. The van der Waals surface area contributed by atoms with Crippen molar-refractivity contribution >= 4 is 5.97 Å². The number of nitrogens with one attached hydrogen (secondary N) is 1. The third kappa shape index (κ3) is 3.61. The number of nitrogens with zero attached hydrogens (tertiary/aromatic N) is 1. The van der Waals surface area contributed by atoms with Crippen LogP contribution in [0.5, 0.6) is 0 Å². The fourth-order valence-electron chi connectivity index (χ4n) is 0.963. The number of alkyl halides is 3. The first-order valence-electron chi connectivity index (χ1n) is 4.11. The van der Waals surface area contributed by atoms with Gasteiger partial charge in [-0.15, -0.1) is 0 Å². The molecule has 1 aromatic rings. The number of esters is 1. The van der Waals surface area contributed by atoms with Crippen LogP contribution in [0.15, 0.2) is 6.20 Å². The number of ether oxygens (including phenoxy) is 1. The number of methoxy groups -OCH3 is 1. The third-order valence-corrected chi connectivity index (χ3v) is 1.68. The molecule has 0 saturated carbocycles. The molecular weight excluding hydrogens is 213 g/mol. The van der Waals surface area contributed by atoms with Crippen molar-refractivity contribution in [3.63, 3.8) is 0 Å². The van der Waals surface area contributed by atoms with Crippen LogP contribution >= 0.6 is 0 Å². The van der Waals surface area contributed by atoms with Gasteiger partial charge in [0.05, 0.1) is 19.7 Å². The van der Waals surface area contributed by atoms with Crippen molar-refractivity contribution in [2.45, 2.75) is 19.0 Å². The van der Waals surface area contributed by atoms with E-state index in [1.54, 1.807) is 0 Å². The third-order valence-electron chi connectivity index (χ3n) is 1.68. The van der Waals surface area contributed by atoms with Crippen LogP contribution in [0.25, 0.3) is 0 Å². The Morgan fingerprint density at radius 1 is 1.60 bits per heavy atom. The largest absolute Gasteiger partial charge is 0.464 e. The summed E-state index contributed by atoms with van der Waals surface area (Å²) in [4.78, 5) is 17.0. The number of hydrogen-bond acceptors (Lipinski definition) is 3. The molecule has 84 valence electrons. The van der Waals surface area contributed by atoms with E-state index in [4.69, 9.17) is 0 Å². The van der Waals surface area contributed by atoms with Crippen LogP contribution in [0.1, 0.15) is 22.7 Å². The summed E-state index contributed by atoms with van der Waals surface area (Å²) in [7, 11) is 1.18. The van der Waals surface area contributed by atoms with Gasteiger partial charge in [0.25, 0.3) is 0 Å². The topological polar surface area (TPSA) is 55.0 Å². The van der Waals surface area contributed by atoms with Crippen LogP contribution in [0, 0.1) is 0 Å². The van der Waals surface area contributed by atoms with E-state index in [0.717, 1.165) is 6.20 Å². The zero-order valence-corrected chi connectivity index (χ0v) is 7.89. The second-order valence-electron chi connectivity index (χ2n) is 2.85. The van der Waals surface area contributed by atoms with Crippen molar-refractivity contribution in [3.05, 3.63) is 17.7 Å². The average Bonchev–Trinajstić information content (AvgIpc) is 2.61. The summed E-state index contributed by atoms with van der Waals surface area (Å²) in [5.74, 6) is -0.534. The van der Waals surface area contributed by atoms with Gasteiger partial charge in [0, 0.05) is 6.42 Å². The van der Waals surface area contributed by atoms with Gasteiger partial charge in [0.2, 0.25) is 0 Å². The second-order valence-corrected chi connectivity index (χ2v) is 2.85. The molecule has 0 atom stereocenters. The number of aryl methyl sites for hydroxylation is 1. The minimum Gasteiger partial charge on any atom is -0.464 e. The van der Waals surface area contributed by atoms with Crippen LogP contribution in [0.2, 0.25) is 0 Å². The number of hydrogen-bond donors (Lipinski definition) is 1. The van der Waals surface area contributed by atoms with Gasteiger partial charge in [-0.1, -0.05) is 0 Å². The number of aromatic amines is 1. The molecule has 0 bridgehead atoms. The summed E-state index contributed by atoms with van der Waals surface area (Å²) in [6.45, 7) is 0. The molecule has 0 aliphatic rings. The molecule has 0 amide bonds. The lowest BCUT2D eigenvalue weighted by molar-refractivity contribution is -0.134. The molecule has 1 rings (SSSR count). The van der Waals surface area contributed by atoms with Gasteiger partial charge in [0.1, 0.15) is 11.5 Å². The molecule has 0 aliphatic heterocycles. The number of aromatic nitrogens is 2. The van der Waals surface area contributed by atoms with Crippen LogP contribution < -0.4 is 0 Å². The number of carbonyl (C=O) groups excluding carboxylic acids is 1. The van der Waals surface area contributed by atoms with Crippen molar-refractivity contribution in [2.24, 2.45) is 0 Å². The summed E-state index contributed by atoms with van der Waals surface area (Å²) in [6, 6.07) is 0. The Kier molecular flexibility index (Phi) is 3.33. The maximum atomic E-state index is 11.8. The first kappa shape index (κ1) is 11.5. The van der Waals surface area contributed by atoms with E-state index in [9.17, 15) is 18.0 Å². The number of halogens is 3. The minimum absolute atomic E-state index is 0.0506. The molecule has 0 aliphatic carbocycles. The van der Waals surface area contributed by atoms with Crippen molar-refractivity contribution < 1.29 is 22.7 Å². The van der Waals surface area contributed by atoms with E-state index < -0.39 is 18.6 Å². The summed E-state index contributed by atoms with van der Waals surface area (Å²) in [6.07, 6.45) is -4.32. The van der Waals surface area contributed by atoms with E-state index in [-0.39, 0.29) is 17.9 Å². The molecule has 15 heavy (non-hydrogen) atoms. The first-order valence-corrected chi connectivity index (χ1v) is 4.11. The van der Waals surface area contributed by atoms with Crippen LogP contribution in [0.4, 0.5) is 13.2 Å². The lowest BCUT2D eigenvalue weighted by Crippen LogP contribution is -2.09. The van der Waals surface area contributed by atoms with Gasteiger partial charge < -0.3 is 9.72 Å². The van der Waals surface area contributed by atoms with Gasteiger partial charge in [-0.05, 0) is 0 Å². The normalized spacial score (nSPS) is 11.5. The van der Waals surface area contributed by atoms with Gasteiger partial charge in [-0.3, -0.25) is 0 Å². The Bertz CT molecular complexity index is 346. The Labute approximate surface area is 83.5 Å². The standard InChI is InChI=1S/C8H9F3N2O2/c1-15-7(14)5-4-12-6(13-5)2-3-8(9,10)11/h4H,2-3H2,1H3,(H,12,13). The fourth-order valence-corrected chi connectivity index (χ4v) is 0.963. The summed E-state index contributed by atoms with van der Waals surface area (Å²) < 4.78 is 39.9. The Hall–Kier alpha value is -1.53. The molecule has 0 radical (unpaired) electrons. The fraction of sp³-hybridized carbons (Fsp3) is 0.500. The molecule has 1 aromatic heterocycles. The summed E-state index contributed by atoms with van der Waals surface area (Å²) in [5, 5.41) is 0. The number of carbonyl (C=O) groups is 1. The highest BCUT2D eigenvalue weighted by Crippen LogP contribution is 2.21. The zero-order chi connectivity index (χ0) is 11.5. The zero-order valence-electron chi connectivity index (χ0n) is 7.89. The van der Waals surface area contributed by atoms with Crippen molar-refractivity contribution in [3.8, 4) is 0 Å². The first-order chi connectivity index (χ1) is 6.92. The molecule has 0 unspecified atom stereocenters. The maximum absolute atomic E-state index is 11.8. The van der Waals surface area contributed by atoms with E-state index in [1.165, 1.54) is 7.11 Å². The lowest BCUT2D eigenvalue weighted by atomic mass is 10.3. The van der Waals surface area contributed by atoms with Gasteiger partial charge in [-0.2, -0.15) is 13.2 Å². The molecule has 0 spiro atoms. The van der Waals surface area contributed by atoms with E-state index in [0.29, 0.717) is 0 Å². The molecule has 0 fully saturated rings. The molecular formula is C8H9F3N2O2. The Morgan fingerprint density at radius 3 is 2.80 bits per heavy atom. The van der Waals surface area contributed by atoms with E-state index in [2.05, 4.69) is 14.7 Å². The molecule has 7 heteroatoms. The highest BCUT2D eigenvalue weighted by molar-refractivity contribution is 5.86. The van der Waals surface area contributed by atoms with Crippen LogP contribution in [0.3, 0.4) is 0 Å². The molecule has 0 saturated heterocycles. The highest BCUT2D eigenvalue weighted by atomic mass is 19.4.